The number of rotatable bonds is 12. The fraction of sp³-hybridized carbons (Fsp3) is 0.714. The van der Waals surface area contributed by atoms with Gasteiger partial charge in [-0.05, 0) is 17.9 Å². The van der Waals surface area contributed by atoms with E-state index in [1.807, 2.05) is 0 Å². The van der Waals surface area contributed by atoms with Crippen LogP contribution in [-0.2, 0) is 16.0 Å². The first-order chi connectivity index (χ1) is 9.36. The molecule has 0 aliphatic rings. The zero-order chi connectivity index (χ0) is 13.8. The molecule has 1 heterocycles. The number of nitrogens with one attached hydrogen (secondary N) is 1. The fourth-order valence-electron chi connectivity index (χ4n) is 1.85. The molecule has 0 aromatic carbocycles. The second kappa shape index (κ2) is 11.4. The van der Waals surface area contributed by atoms with Crippen LogP contribution in [0.5, 0.6) is 0 Å². The molecule has 0 spiro atoms. The summed E-state index contributed by atoms with van der Waals surface area (Å²) in [6.45, 7) is 6.70. The maximum atomic E-state index is 5.15. The van der Waals surface area contributed by atoms with E-state index in [0.29, 0.717) is 0 Å². The molecule has 0 saturated heterocycles. The van der Waals surface area contributed by atoms with E-state index in [-0.39, 0.29) is 0 Å². The third kappa shape index (κ3) is 8.34. The van der Waals surface area contributed by atoms with Crippen LogP contribution in [0.4, 0.5) is 0 Å². The van der Waals surface area contributed by atoms with Gasteiger partial charge < -0.3 is 14.8 Å². The second-order valence-electron chi connectivity index (χ2n) is 4.44. The SMILES string of the molecule is COCCCN(CCNCc1cccs1)CCOC. The van der Waals surface area contributed by atoms with E-state index >= 15 is 0 Å². The van der Waals surface area contributed by atoms with Gasteiger partial charge in [0.15, 0.2) is 0 Å². The standard InChI is InChI=1S/C14H26N2O2S/c1-17-10-4-7-16(9-11-18-2)8-6-15-13-14-5-3-12-19-14/h3,5,12,15H,4,6-11,13H2,1-2H3. The van der Waals surface area contributed by atoms with Crippen molar-refractivity contribution in [2.24, 2.45) is 0 Å². The van der Waals surface area contributed by atoms with Crippen molar-refractivity contribution < 1.29 is 9.47 Å². The van der Waals surface area contributed by atoms with E-state index in [1.165, 1.54) is 4.88 Å². The first-order valence-corrected chi connectivity index (χ1v) is 7.68. The lowest BCUT2D eigenvalue weighted by Crippen LogP contribution is -2.35. The van der Waals surface area contributed by atoms with Gasteiger partial charge in [0.2, 0.25) is 0 Å². The van der Waals surface area contributed by atoms with Gasteiger partial charge in [-0.25, -0.2) is 0 Å². The predicted molar refractivity (Wildman–Crippen MR) is 80.8 cm³/mol. The van der Waals surface area contributed by atoms with Crippen molar-refractivity contribution in [3.8, 4) is 0 Å². The summed E-state index contributed by atoms with van der Waals surface area (Å²) in [4.78, 5) is 3.81. The molecule has 0 atom stereocenters. The number of ether oxygens (including phenoxy) is 2. The van der Waals surface area contributed by atoms with E-state index in [2.05, 4.69) is 27.7 Å². The molecule has 1 rings (SSSR count). The van der Waals surface area contributed by atoms with Crippen LogP contribution in [0.2, 0.25) is 0 Å². The van der Waals surface area contributed by atoms with E-state index < -0.39 is 0 Å². The van der Waals surface area contributed by atoms with Gasteiger partial charge in [-0.15, -0.1) is 11.3 Å². The molecule has 1 aromatic heterocycles. The largest absolute Gasteiger partial charge is 0.385 e. The van der Waals surface area contributed by atoms with Gasteiger partial charge in [-0.3, -0.25) is 4.90 Å². The normalized spacial score (nSPS) is 11.3. The van der Waals surface area contributed by atoms with Crippen molar-refractivity contribution >= 4 is 11.3 Å². The molecule has 4 nitrogen and oxygen atoms in total. The van der Waals surface area contributed by atoms with Crippen molar-refractivity contribution in [2.75, 3.05) is 53.6 Å². The van der Waals surface area contributed by atoms with Gasteiger partial charge in [-0.1, -0.05) is 6.07 Å². The Hall–Kier alpha value is -0.460. The molecule has 0 unspecified atom stereocenters. The van der Waals surface area contributed by atoms with Gasteiger partial charge in [0, 0.05) is 58.4 Å². The minimum Gasteiger partial charge on any atom is -0.385 e. The maximum absolute atomic E-state index is 5.15. The first kappa shape index (κ1) is 16.6. The highest BCUT2D eigenvalue weighted by atomic mass is 32.1. The molecule has 0 aliphatic heterocycles. The molecular weight excluding hydrogens is 260 g/mol. The molecule has 0 bridgehead atoms. The molecule has 5 heteroatoms. The van der Waals surface area contributed by atoms with Crippen molar-refractivity contribution in [2.45, 2.75) is 13.0 Å². The van der Waals surface area contributed by atoms with Crippen LogP contribution >= 0.6 is 11.3 Å². The molecule has 110 valence electrons. The van der Waals surface area contributed by atoms with Gasteiger partial charge in [0.05, 0.1) is 6.61 Å². The molecule has 19 heavy (non-hydrogen) atoms. The Kier molecular flexibility index (Phi) is 9.93. The minimum absolute atomic E-state index is 0.790. The van der Waals surface area contributed by atoms with Crippen LogP contribution < -0.4 is 5.32 Å². The van der Waals surface area contributed by atoms with Crippen LogP contribution in [-0.4, -0.2) is 58.5 Å². The quantitative estimate of drug-likeness (QED) is 0.594. The third-order valence-corrected chi connectivity index (χ3v) is 3.79. The maximum Gasteiger partial charge on any atom is 0.0589 e. The zero-order valence-corrected chi connectivity index (χ0v) is 12.9. The summed E-state index contributed by atoms with van der Waals surface area (Å²) in [6, 6.07) is 4.26. The van der Waals surface area contributed by atoms with Crippen molar-refractivity contribution in [3.63, 3.8) is 0 Å². The van der Waals surface area contributed by atoms with Gasteiger partial charge in [0.1, 0.15) is 0 Å². The number of hydrogen-bond donors (Lipinski definition) is 1. The van der Waals surface area contributed by atoms with Crippen molar-refractivity contribution in [1.82, 2.24) is 10.2 Å². The van der Waals surface area contributed by atoms with E-state index in [1.54, 1.807) is 25.6 Å². The molecule has 0 aliphatic carbocycles. The molecular formula is C14H26N2O2S. The van der Waals surface area contributed by atoms with Crippen LogP contribution in [0.1, 0.15) is 11.3 Å². The Morgan fingerprint density at radius 2 is 2.00 bits per heavy atom. The number of methoxy groups -OCH3 is 2. The fourth-order valence-corrected chi connectivity index (χ4v) is 2.52. The van der Waals surface area contributed by atoms with Gasteiger partial charge >= 0.3 is 0 Å². The van der Waals surface area contributed by atoms with Crippen LogP contribution in [0.25, 0.3) is 0 Å². The lowest BCUT2D eigenvalue weighted by atomic mass is 10.3. The highest BCUT2D eigenvalue weighted by Gasteiger charge is 2.04. The average molecular weight is 286 g/mol. The highest BCUT2D eigenvalue weighted by Crippen LogP contribution is 2.07. The van der Waals surface area contributed by atoms with Crippen LogP contribution in [0.3, 0.4) is 0 Å². The first-order valence-electron chi connectivity index (χ1n) is 6.80. The Labute approximate surface area is 120 Å². The average Bonchev–Trinajstić information content (AvgIpc) is 2.93. The Morgan fingerprint density at radius 1 is 1.16 bits per heavy atom. The predicted octanol–water partition coefficient (Wildman–Crippen LogP) is 1.82. The summed E-state index contributed by atoms with van der Waals surface area (Å²) in [6.07, 6.45) is 1.07. The lowest BCUT2D eigenvalue weighted by Gasteiger charge is -2.21. The van der Waals surface area contributed by atoms with Crippen LogP contribution in [0.15, 0.2) is 17.5 Å². The smallest absolute Gasteiger partial charge is 0.0589 e. The number of thiophene rings is 1. The summed E-state index contributed by atoms with van der Waals surface area (Å²) >= 11 is 1.80. The van der Waals surface area contributed by atoms with Gasteiger partial charge in [0.25, 0.3) is 0 Å². The molecule has 0 fully saturated rings. The minimum atomic E-state index is 0.790. The van der Waals surface area contributed by atoms with Gasteiger partial charge in [-0.2, -0.15) is 0 Å². The van der Waals surface area contributed by atoms with Crippen LogP contribution in [0, 0.1) is 0 Å². The summed E-state index contributed by atoms with van der Waals surface area (Å²) in [7, 11) is 3.50. The Bertz CT molecular complexity index is 294. The van der Waals surface area contributed by atoms with E-state index in [9.17, 15) is 0 Å². The summed E-state index contributed by atoms with van der Waals surface area (Å²) in [5, 5.41) is 5.60. The zero-order valence-electron chi connectivity index (χ0n) is 12.1. The number of hydrogen-bond acceptors (Lipinski definition) is 5. The van der Waals surface area contributed by atoms with E-state index in [4.69, 9.17) is 9.47 Å². The topological polar surface area (TPSA) is 33.7 Å². The second-order valence-corrected chi connectivity index (χ2v) is 5.47. The molecule has 1 N–H and O–H groups in total. The highest BCUT2D eigenvalue weighted by molar-refractivity contribution is 7.09. The Balaban J connectivity index is 2.11. The lowest BCUT2D eigenvalue weighted by molar-refractivity contribution is 0.133. The van der Waals surface area contributed by atoms with Crippen molar-refractivity contribution in [1.29, 1.82) is 0 Å². The summed E-state index contributed by atoms with van der Waals surface area (Å²) < 4.78 is 10.3. The third-order valence-electron chi connectivity index (χ3n) is 2.92. The van der Waals surface area contributed by atoms with Crippen molar-refractivity contribution in [3.05, 3.63) is 22.4 Å². The molecule has 0 radical (unpaired) electrons. The Morgan fingerprint density at radius 3 is 2.68 bits per heavy atom. The number of nitrogens with zero attached hydrogens (tertiary/aromatic N) is 1. The summed E-state index contributed by atoms with van der Waals surface area (Å²) in [5.41, 5.74) is 0. The summed E-state index contributed by atoms with van der Waals surface area (Å²) in [5.74, 6) is 0. The van der Waals surface area contributed by atoms with E-state index in [0.717, 1.165) is 52.4 Å². The molecule has 0 amide bonds. The monoisotopic (exact) mass is 286 g/mol. The molecule has 0 saturated carbocycles. The molecule has 1 aromatic rings.